The van der Waals surface area contributed by atoms with Crippen molar-refractivity contribution in [2.45, 2.75) is 25.3 Å². The van der Waals surface area contributed by atoms with Crippen LogP contribution in [0.3, 0.4) is 0 Å². The van der Waals surface area contributed by atoms with E-state index in [-0.39, 0.29) is 24.3 Å². The summed E-state index contributed by atoms with van der Waals surface area (Å²) in [7, 11) is -4.67. The molecule has 1 aromatic rings. The predicted octanol–water partition coefficient (Wildman–Crippen LogP) is 2.42. The van der Waals surface area contributed by atoms with Gasteiger partial charge >= 0.3 is 21.6 Å². The molecule has 10 heteroatoms. The fourth-order valence-electron chi connectivity index (χ4n) is 1.50. The van der Waals surface area contributed by atoms with E-state index >= 15 is 0 Å². The first kappa shape index (κ1) is 19.1. The Morgan fingerprint density at radius 2 is 1.78 bits per heavy atom. The van der Waals surface area contributed by atoms with Crippen molar-refractivity contribution in [3.05, 3.63) is 23.8 Å². The molecule has 0 fully saturated rings. The predicted molar refractivity (Wildman–Crippen MR) is 73.6 cm³/mol. The number of alkyl halides is 3. The number of esters is 1. The topological polar surface area (TPSA) is 78.9 Å². The van der Waals surface area contributed by atoms with Crippen LogP contribution in [0.15, 0.2) is 18.2 Å². The minimum atomic E-state index is -5.81. The zero-order valence-electron chi connectivity index (χ0n) is 12.3. The van der Waals surface area contributed by atoms with E-state index in [1.165, 1.54) is 6.07 Å². The number of halogens is 3. The summed E-state index contributed by atoms with van der Waals surface area (Å²) in [5.41, 5.74) is -5.37. The molecular weight excluding hydrogens is 341 g/mol. The molecule has 0 aliphatic carbocycles. The molecule has 0 amide bonds. The number of methoxy groups -OCH3 is 1. The lowest BCUT2D eigenvalue weighted by Crippen LogP contribution is -2.28. The van der Waals surface area contributed by atoms with Crippen molar-refractivity contribution < 1.29 is 40.0 Å². The van der Waals surface area contributed by atoms with Crippen molar-refractivity contribution in [2.24, 2.45) is 0 Å². The fourth-order valence-corrected chi connectivity index (χ4v) is 1.94. The number of hydrogen-bond donors (Lipinski definition) is 0. The molecule has 0 atom stereocenters. The number of carbonyl (C=O) groups excluding carboxylic acids is 1. The van der Waals surface area contributed by atoms with Crippen LogP contribution in [-0.4, -0.2) is 33.6 Å². The van der Waals surface area contributed by atoms with E-state index in [0.717, 1.165) is 19.2 Å². The average Bonchev–Trinajstić information content (AvgIpc) is 2.43. The van der Waals surface area contributed by atoms with Crippen LogP contribution in [0, 0.1) is 0 Å². The summed E-state index contributed by atoms with van der Waals surface area (Å²) >= 11 is 0. The third kappa shape index (κ3) is 5.62. The Balaban J connectivity index is 3.14. The van der Waals surface area contributed by atoms with E-state index in [0.29, 0.717) is 6.42 Å². The molecule has 0 N–H and O–H groups in total. The van der Waals surface area contributed by atoms with Gasteiger partial charge in [-0.05, 0) is 24.1 Å². The molecule has 0 bridgehead atoms. The lowest BCUT2D eigenvalue weighted by atomic mass is 10.1. The largest absolute Gasteiger partial charge is 0.534 e. The average molecular weight is 356 g/mol. The Kier molecular flexibility index (Phi) is 6.25. The molecule has 0 radical (unpaired) electrons. The quantitative estimate of drug-likeness (QED) is 0.424. The highest BCUT2D eigenvalue weighted by molar-refractivity contribution is 7.88. The summed E-state index contributed by atoms with van der Waals surface area (Å²) in [5.74, 6) is -1.17. The number of benzene rings is 1. The molecule has 0 unspecified atom stereocenters. The SMILES string of the molecule is CCCOc1cc(CC(=O)OC)cc(OS(=O)(=O)C(F)(F)F)c1. The second-order valence-corrected chi connectivity index (χ2v) is 5.94. The second-order valence-electron chi connectivity index (χ2n) is 4.40. The highest BCUT2D eigenvalue weighted by atomic mass is 32.2. The summed E-state index contributed by atoms with van der Waals surface area (Å²) in [6.45, 7) is 2.07. The molecule has 0 heterocycles. The standard InChI is InChI=1S/C13H15F3O6S/c1-3-4-21-10-5-9(7-12(17)20-2)6-11(8-10)22-23(18,19)13(14,15)16/h5-6,8H,3-4,7H2,1-2H3. The fraction of sp³-hybridized carbons (Fsp3) is 0.462. The van der Waals surface area contributed by atoms with Gasteiger partial charge in [-0.25, -0.2) is 0 Å². The molecule has 0 aliphatic heterocycles. The van der Waals surface area contributed by atoms with Gasteiger partial charge in [0.15, 0.2) is 0 Å². The smallest absolute Gasteiger partial charge is 0.493 e. The number of carbonyl (C=O) groups is 1. The molecule has 0 aliphatic rings. The van der Waals surface area contributed by atoms with Gasteiger partial charge in [0.2, 0.25) is 0 Å². The Bertz CT molecular complexity index is 654. The van der Waals surface area contributed by atoms with E-state index in [1.54, 1.807) is 0 Å². The van der Waals surface area contributed by atoms with Crippen molar-refractivity contribution in [3.63, 3.8) is 0 Å². The monoisotopic (exact) mass is 356 g/mol. The van der Waals surface area contributed by atoms with Crippen LogP contribution < -0.4 is 8.92 Å². The minimum Gasteiger partial charge on any atom is -0.493 e. The first-order valence-corrected chi connectivity index (χ1v) is 7.84. The first-order valence-electron chi connectivity index (χ1n) is 6.43. The highest BCUT2D eigenvalue weighted by Gasteiger charge is 2.48. The van der Waals surface area contributed by atoms with Crippen LogP contribution >= 0.6 is 0 Å². The maximum atomic E-state index is 12.4. The first-order chi connectivity index (χ1) is 10.6. The maximum absolute atomic E-state index is 12.4. The van der Waals surface area contributed by atoms with E-state index in [2.05, 4.69) is 8.92 Å². The van der Waals surface area contributed by atoms with Gasteiger partial charge in [0.25, 0.3) is 0 Å². The molecule has 0 saturated carbocycles. The van der Waals surface area contributed by atoms with Gasteiger partial charge in [-0.1, -0.05) is 6.92 Å². The zero-order chi connectivity index (χ0) is 17.7. The van der Waals surface area contributed by atoms with Crippen LogP contribution in [0.2, 0.25) is 0 Å². The van der Waals surface area contributed by atoms with Crippen molar-refractivity contribution in [1.29, 1.82) is 0 Å². The molecule has 0 aromatic heterocycles. The van der Waals surface area contributed by atoms with E-state index in [1.807, 2.05) is 6.92 Å². The van der Waals surface area contributed by atoms with Gasteiger partial charge in [0.1, 0.15) is 11.5 Å². The van der Waals surface area contributed by atoms with Gasteiger partial charge in [0.05, 0.1) is 20.1 Å². The summed E-state index contributed by atoms with van der Waals surface area (Å²) in [6.07, 6.45) is 0.348. The molecule has 23 heavy (non-hydrogen) atoms. The Morgan fingerprint density at radius 3 is 2.30 bits per heavy atom. The van der Waals surface area contributed by atoms with Gasteiger partial charge in [-0.2, -0.15) is 21.6 Å². The molecule has 1 rings (SSSR count). The Labute approximate surface area is 131 Å². The third-order valence-electron chi connectivity index (χ3n) is 2.48. The molecular formula is C13H15F3O6S. The highest BCUT2D eigenvalue weighted by Crippen LogP contribution is 2.30. The van der Waals surface area contributed by atoms with Crippen molar-refractivity contribution >= 4 is 16.1 Å². The summed E-state index contributed by atoms with van der Waals surface area (Å²) in [6, 6.07) is 3.39. The lowest BCUT2D eigenvalue weighted by Gasteiger charge is -2.13. The van der Waals surface area contributed by atoms with Gasteiger partial charge in [0, 0.05) is 6.07 Å². The summed E-state index contributed by atoms with van der Waals surface area (Å²) in [4.78, 5) is 11.3. The lowest BCUT2D eigenvalue weighted by molar-refractivity contribution is -0.139. The van der Waals surface area contributed by atoms with Crippen LogP contribution in [0.5, 0.6) is 11.5 Å². The van der Waals surface area contributed by atoms with Gasteiger partial charge in [-0.3, -0.25) is 4.79 Å². The number of rotatable bonds is 7. The van der Waals surface area contributed by atoms with Crippen LogP contribution in [0.25, 0.3) is 0 Å². The number of ether oxygens (including phenoxy) is 2. The van der Waals surface area contributed by atoms with E-state index in [4.69, 9.17) is 4.74 Å². The molecule has 130 valence electrons. The Morgan fingerprint density at radius 1 is 1.17 bits per heavy atom. The summed E-state index contributed by atoms with van der Waals surface area (Å²) in [5, 5.41) is 0. The van der Waals surface area contributed by atoms with Crippen LogP contribution in [-0.2, 0) is 26.1 Å². The van der Waals surface area contributed by atoms with Crippen LogP contribution in [0.1, 0.15) is 18.9 Å². The van der Waals surface area contributed by atoms with Gasteiger partial charge < -0.3 is 13.7 Å². The normalized spacial score (nSPS) is 11.9. The van der Waals surface area contributed by atoms with Gasteiger partial charge in [-0.15, -0.1) is 0 Å². The third-order valence-corrected chi connectivity index (χ3v) is 3.46. The van der Waals surface area contributed by atoms with Crippen molar-refractivity contribution in [2.75, 3.05) is 13.7 Å². The second kappa shape index (κ2) is 7.53. The van der Waals surface area contributed by atoms with Crippen molar-refractivity contribution in [1.82, 2.24) is 0 Å². The van der Waals surface area contributed by atoms with E-state index in [9.17, 15) is 26.4 Å². The molecule has 1 aromatic carbocycles. The molecule has 0 saturated heterocycles. The zero-order valence-corrected chi connectivity index (χ0v) is 13.2. The Hall–Kier alpha value is -1.97. The minimum absolute atomic E-state index is 0.0839. The van der Waals surface area contributed by atoms with Crippen LogP contribution in [0.4, 0.5) is 13.2 Å². The molecule has 6 nitrogen and oxygen atoms in total. The summed E-state index contributed by atoms with van der Waals surface area (Å²) < 4.78 is 73.0. The maximum Gasteiger partial charge on any atom is 0.534 e. The molecule has 0 spiro atoms. The van der Waals surface area contributed by atoms with E-state index < -0.39 is 27.3 Å². The van der Waals surface area contributed by atoms with Crippen molar-refractivity contribution in [3.8, 4) is 11.5 Å². The number of hydrogen-bond acceptors (Lipinski definition) is 6.